The van der Waals surface area contributed by atoms with Crippen molar-refractivity contribution in [1.29, 1.82) is 0 Å². The van der Waals surface area contributed by atoms with Gasteiger partial charge in [-0.25, -0.2) is 4.98 Å². The van der Waals surface area contributed by atoms with Crippen LogP contribution in [0.15, 0.2) is 65.5 Å². The van der Waals surface area contributed by atoms with Gasteiger partial charge in [0.05, 0.1) is 0 Å². The van der Waals surface area contributed by atoms with Crippen LogP contribution in [0.3, 0.4) is 0 Å². The molecule has 4 aromatic rings. The first-order valence-corrected chi connectivity index (χ1v) is 9.63. The number of aryl methyl sites for hydroxylation is 1. The number of aromatic amines is 1. The molecule has 0 saturated heterocycles. The van der Waals surface area contributed by atoms with Crippen LogP contribution in [0.4, 0.5) is 0 Å². The highest BCUT2D eigenvalue weighted by Gasteiger charge is 2.24. The zero-order chi connectivity index (χ0) is 19.8. The van der Waals surface area contributed by atoms with Gasteiger partial charge in [0.25, 0.3) is 5.91 Å². The summed E-state index contributed by atoms with van der Waals surface area (Å²) in [5.74, 6) is 0.139. The molecule has 1 N–H and O–H groups in total. The summed E-state index contributed by atoms with van der Waals surface area (Å²) in [7, 11) is 0. The van der Waals surface area contributed by atoms with Crippen LogP contribution in [0.2, 0.25) is 0 Å². The van der Waals surface area contributed by atoms with Crippen LogP contribution in [-0.2, 0) is 0 Å². The molecule has 0 fully saturated rings. The van der Waals surface area contributed by atoms with Crippen molar-refractivity contribution in [3.05, 3.63) is 77.8 Å². The van der Waals surface area contributed by atoms with Crippen LogP contribution >= 0.6 is 0 Å². The van der Waals surface area contributed by atoms with Crippen LogP contribution in [0.25, 0.3) is 27.9 Å². The van der Waals surface area contributed by atoms with Gasteiger partial charge in [-0.3, -0.25) is 4.79 Å². The van der Waals surface area contributed by atoms with E-state index in [9.17, 15) is 4.79 Å². The number of nitrogens with one attached hydrogen (secondary N) is 1. The molecule has 1 aromatic carbocycles. The number of amides is 1. The minimum atomic E-state index is -0.133. The maximum Gasteiger partial charge on any atom is 0.292 e. The molecule has 6 nitrogen and oxygen atoms in total. The SMILES string of the molecule is Cc1ccc(-c2cc(C(=O)N3CC=C(c4c[nH]c5ncccc45)CC3)on2)cc1. The summed E-state index contributed by atoms with van der Waals surface area (Å²) >= 11 is 0. The molecule has 0 saturated carbocycles. The minimum Gasteiger partial charge on any atom is -0.350 e. The van der Waals surface area contributed by atoms with Gasteiger partial charge in [0.2, 0.25) is 5.76 Å². The summed E-state index contributed by atoms with van der Waals surface area (Å²) in [6.45, 7) is 3.21. The molecule has 3 aromatic heterocycles. The predicted molar refractivity (Wildman–Crippen MR) is 111 cm³/mol. The average molecular weight is 384 g/mol. The molecule has 6 heteroatoms. The van der Waals surface area contributed by atoms with E-state index in [1.54, 1.807) is 17.2 Å². The molecule has 0 radical (unpaired) electrons. The molecule has 0 atom stereocenters. The van der Waals surface area contributed by atoms with Crippen molar-refractivity contribution in [2.75, 3.05) is 13.1 Å². The second-order valence-corrected chi connectivity index (χ2v) is 7.27. The monoisotopic (exact) mass is 384 g/mol. The lowest BCUT2D eigenvalue weighted by Gasteiger charge is -2.25. The van der Waals surface area contributed by atoms with Gasteiger partial charge in [0.15, 0.2) is 0 Å². The fraction of sp³-hybridized carbons (Fsp3) is 0.174. The number of aromatic nitrogens is 3. The number of hydrogen-bond donors (Lipinski definition) is 1. The summed E-state index contributed by atoms with van der Waals surface area (Å²) < 4.78 is 5.35. The summed E-state index contributed by atoms with van der Waals surface area (Å²) in [6.07, 6.45) is 6.66. The van der Waals surface area contributed by atoms with E-state index in [1.807, 2.05) is 43.5 Å². The summed E-state index contributed by atoms with van der Waals surface area (Å²) in [6, 6.07) is 13.7. The third kappa shape index (κ3) is 3.23. The first-order chi connectivity index (χ1) is 14.2. The smallest absolute Gasteiger partial charge is 0.292 e. The Morgan fingerprint density at radius 1 is 1.21 bits per heavy atom. The number of pyridine rings is 1. The van der Waals surface area contributed by atoms with Gasteiger partial charge in [0, 0.05) is 48.1 Å². The van der Waals surface area contributed by atoms with Crippen molar-refractivity contribution in [3.63, 3.8) is 0 Å². The molecular weight excluding hydrogens is 364 g/mol. The van der Waals surface area contributed by atoms with Crippen LogP contribution < -0.4 is 0 Å². The van der Waals surface area contributed by atoms with Crippen LogP contribution in [0, 0.1) is 6.92 Å². The van der Waals surface area contributed by atoms with Crippen molar-refractivity contribution in [3.8, 4) is 11.3 Å². The van der Waals surface area contributed by atoms with Gasteiger partial charge in [-0.05, 0) is 31.1 Å². The Bertz CT molecular complexity index is 1220. The van der Waals surface area contributed by atoms with E-state index < -0.39 is 0 Å². The second-order valence-electron chi connectivity index (χ2n) is 7.27. The molecule has 1 aliphatic rings. The van der Waals surface area contributed by atoms with E-state index >= 15 is 0 Å². The average Bonchev–Trinajstić information content (AvgIpc) is 3.42. The molecule has 0 unspecified atom stereocenters. The van der Waals surface area contributed by atoms with Crippen molar-refractivity contribution in [2.24, 2.45) is 0 Å². The van der Waals surface area contributed by atoms with Gasteiger partial charge < -0.3 is 14.4 Å². The fourth-order valence-corrected chi connectivity index (χ4v) is 3.71. The predicted octanol–water partition coefficient (Wildman–Crippen LogP) is 4.46. The molecule has 4 heterocycles. The maximum atomic E-state index is 12.9. The van der Waals surface area contributed by atoms with Crippen LogP contribution in [0.5, 0.6) is 0 Å². The maximum absolute atomic E-state index is 12.9. The lowest BCUT2D eigenvalue weighted by molar-refractivity contribution is 0.0731. The fourth-order valence-electron chi connectivity index (χ4n) is 3.71. The van der Waals surface area contributed by atoms with Crippen LogP contribution in [0.1, 0.15) is 28.1 Å². The van der Waals surface area contributed by atoms with E-state index in [-0.39, 0.29) is 11.7 Å². The minimum absolute atomic E-state index is 0.133. The molecule has 29 heavy (non-hydrogen) atoms. The van der Waals surface area contributed by atoms with Crippen molar-refractivity contribution < 1.29 is 9.32 Å². The van der Waals surface area contributed by atoms with Crippen molar-refractivity contribution >= 4 is 22.5 Å². The number of fused-ring (bicyclic) bond motifs is 1. The van der Waals surface area contributed by atoms with E-state index in [0.29, 0.717) is 18.8 Å². The highest BCUT2D eigenvalue weighted by molar-refractivity contribution is 5.94. The molecule has 0 bridgehead atoms. The first kappa shape index (κ1) is 17.4. The Hall–Kier alpha value is -3.67. The molecule has 0 aliphatic carbocycles. The summed E-state index contributed by atoms with van der Waals surface area (Å²) in [5, 5.41) is 5.18. The highest BCUT2D eigenvalue weighted by Crippen LogP contribution is 2.29. The number of benzene rings is 1. The standard InChI is InChI=1S/C23H20N4O2/c1-15-4-6-17(7-5-15)20-13-21(29-26-20)23(28)27-11-8-16(9-12-27)19-14-25-22-18(19)3-2-10-24-22/h2-8,10,13-14H,9,11-12H2,1H3,(H,24,25). The number of hydrogen-bond acceptors (Lipinski definition) is 4. The number of H-pyrrole nitrogens is 1. The largest absolute Gasteiger partial charge is 0.350 e. The van der Waals surface area contributed by atoms with Gasteiger partial charge in [0.1, 0.15) is 11.3 Å². The van der Waals surface area contributed by atoms with Gasteiger partial charge in [-0.2, -0.15) is 0 Å². The molecular formula is C23H20N4O2. The molecule has 5 rings (SSSR count). The highest BCUT2D eigenvalue weighted by atomic mass is 16.5. The zero-order valence-corrected chi connectivity index (χ0v) is 16.1. The summed E-state index contributed by atoms with van der Waals surface area (Å²) in [5.41, 5.74) is 6.05. The molecule has 1 aliphatic heterocycles. The van der Waals surface area contributed by atoms with E-state index in [1.165, 1.54) is 11.1 Å². The van der Waals surface area contributed by atoms with Gasteiger partial charge >= 0.3 is 0 Å². The first-order valence-electron chi connectivity index (χ1n) is 9.63. The number of carbonyl (C=O) groups is 1. The molecule has 0 spiro atoms. The number of rotatable bonds is 3. The Morgan fingerprint density at radius 3 is 2.86 bits per heavy atom. The molecule has 144 valence electrons. The van der Waals surface area contributed by atoms with E-state index in [4.69, 9.17) is 4.52 Å². The summed E-state index contributed by atoms with van der Waals surface area (Å²) in [4.78, 5) is 22.2. The topological polar surface area (TPSA) is 75.0 Å². The van der Waals surface area contributed by atoms with E-state index in [0.717, 1.165) is 28.6 Å². The van der Waals surface area contributed by atoms with Crippen molar-refractivity contribution in [2.45, 2.75) is 13.3 Å². The normalized spacial score (nSPS) is 14.2. The van der Waals surface area contributed by atoms with E-state index in [2.05, 4.69) is 27.3 Å². The van der Waals surface area contributed by atoms with Gasteiger partial charge in [-0.15, -0.1) is 0 Å². The Balaban J connectivity index is 1.33. The zero-order valence-electron chi connectivity index (χ0n) is 16.1. The lowest BCUT2D eigenvalue weighted by Crippen LogP contribution is -2.34. The Kier molecular flexibility index (Phi) is 4.24. The third-order valence-electron chi connectivity index (χ3n) is 5.36. The van der Waals surface area contributed by atoms with Crippen LogP contribution in [-0.4, -0.2) is 39.0 Å². The second kappa shape index (κ2) is 7.05. The third-order valence-corrected chi connectivity index (χ3v) is 5.36. The van der Waals surface area contributed by atoms with Gasteiger partial charge in [-0.1, -0.05) is 41.1 Å². The quantitative estimate of drug-likeness (QED) is 0.566. The molecule has 1 amide bonds. The number of nitrogens with zero attached hydrogens (tertiary/aromatic N) is 3. The Morgan fingerprint density at radius 2 is 2.07 bits per heavy atom. The Labute approximate surface area is 167 Å². The number of carbonyl (C=O) groups excluding carboxylic acids is 1. The lowest BCUT2D eigenvalue weighted by atomic mass is 9.99. The van der Waals surface area contributed by atoms with Crippen molar-refractivity contribution in [1.82, 2.24) is 20.0 Å².